The molecule has 5 nitrogen and oxygen atoms in total. The number of aryl methyl sites for hydroxylation is 2. The van der Waals surface area contributed by atoms with Crippen LogP contribution in [0.5, 0.6) is 0 Å². The van der Waals surface area contributed by atoms with E-state index < -0.39 is 12.6 Å². The molecule has 8 heteroatoms. The van der Waals surface area contributed by atoms with E-state index in [0.717, 1.165) is 17.0 Å². The fraction of sp³-hybridized carbons (Fsp3) is 0.273. The standard InChI is InChI=1S/C22H22F3N5/c1-15-6-4-5-7-19(15)28-16(2)14-30-17(3)8-9-20(29-30)18-12-26-21(27-13-18)10-11-22(23,24)25/h4-9,12-13H,3,10-11,14H2,1-2H3. The highest BCUT2D eigenvalue weighted by atomic mass is 19.4. The Morgan fingerprint density at radius 1 is 1.13 bits per heavy atom. The van der Waals surface area contributed by atoms with Crippen molar-refractivity contribution in [3.63, 3.8) is 0 Å². The highest BCUT2D eigenvalue weighted by Crippen LogP contribution is 2.22. The summed E-state index contributed by atoms with van der Waals surface area (Å²) in [5.41, 5.74) is 4.78. The Bertz CT molecular complexity index is 1000. The molecule has 0 radical (unpaired) electrons. The van der Waals surface area contributed by atoms with Crippen molar-refractivity contribution in [1.29, 1.82) is 0 Å². The van der Waals surface area contributed by atoms with Gasteiger partial charge in [0.15, 0.2) is 0 Å². The number of para-hydroxylation sites is 1. The van der Waals surface area contributed by atoms with Gasteiger partial charge in [0.2, 0.25) is 0 Å². The molecule has 0 spiro atoms. The monoisotopic (exact) mass is 413 g/mol. The van der Waals surface area contributed by atoms with Crippen molar-refractivity contribution in [3.05, 3.63) is 78.0 Å². The number of aromatic nitrogens is 2. The second kappa shape index (κ2) is 9.02. The summed E-state index contributed by atoms with van der Waals surface area (Å²) in [7, 11) is 0. The Morgan fingerprint density at radius 3 is 2.50 bits per heavy atom. The van der Waals surface area contributed by atoms with Crippen molar-refractivity contribution >= 4 is 17.1 Å². The minimum absolute atomic E-state index is 0.152. The number of allylic oxidation sites excluding steroid dienone is 2. The highest BCUT2D eigenvalue weighted by Gasteiger charge is 2.27. The van der Waals surface area contributed by atoms with E-state index in [0.29, 0.717) is 23.5 Å². The molecule has 0 aliphatic carbocycles. The van der Waals surface area contributed by atoms with Crippen molar-refractivity contribution in [1.82, 2.24) is 15.0 Å². The lowest BCUT2D eigenvalue weighted by Gasteiger charge is -2.23. The second-order valence-electron chi connectivity index (χ2n) is 7.00. The van der Waals surface area contributed by atoms with Crippen molar-refractivity contribution in [2.45, 2.75) is 32.9 Å². The molecular weight excluding hydrogens is 391 g/mol. The van der Waals surface area contributed by atoms with Gasteiger partial charge >= 0.3 is 6.18 Å². The lowest BCUT2D eigenvalue weighted by atomic mass is 10.1. The first kappa shape index (κ1) is 21.4. The van der Waals surface area contributed by atoms with Crippen LogP contribution < -0.4 is 0 Å². The van der Waals surface area contributed by atoms with E-state index in [1.54, 1.807) is 11.1 Å². The van der Waals surface area contributed by atoms with Crippen molar-refractivity contribution in [3.8, 4) is 0 Å². The number of hydrogen-bond donors (Lipinski definition) is 0. The van der Waals surface area contributed by atoms with Gasteiger partial charge in [-0.25, -0.2) is 9.97 Å². The quantitative estimate of drug-likeness (QED) is 0.615. The van der Waals surface area contributed by atoms with Crippen LogP contribution >= 0.6 is 0 Å². The van der Waals surface area contributed by atoms with Crippen LogP contribution in [0.4, 0.5) is 18.9 Å². The van der Waals surface area contributed by atoms with Crippen LogP contribution in [0.25, 0.3) is 0 Å². The van der Waals surface area contributed by atoms with Gasteiger partial charge in [-0.15, -0.1) is 0 Å². The first-order valence-electron chi connectivity index (χ1n) is 9.42. The van der Waals surface area contributed by atoms with E-state index in [1.165, 1.54) is 12.4 Å². The minimum atomic E-state index is -4.23. The van der Waals surface area contributed by atoms with E-state index in [1.807, 2.05) is 44.2 Å². The van der Waals surface area contributed by atoms with Crippen LogP contribution in [0.2, 0.25) is 0 Å². The number of hydrogen-bond acceptors (Lipinski definition) is 5. The molecule has 3 rings (SSSR count). The zero-order chi connectivity index (χ0) is 21.7. The topological polar surface area (TPSA) is 53.7 Å². The zero-order valence-electron chi connectivity index (χ0n) is 16.8. The Hall–Kier alpha value is -3.29. The molecule has 0 bridgehead atoms. The number of nitrogens with zero attached hydrogens (tertiary/aromatic N) is 5. The van der Waals surface area contributed by atoms with Gasteiger partial charge in [-0.05, 0) is 37.6 Å². The van der Waals surface area contributed by atoms with E-state index >= 15 is 0 Å². The molecule has 156 valence electrons. The number of rotatable bonds is 6. The third-order valence-electron chi connectivity index (χ3n) is 4.43. The van der Waals surface area contributed by atoms with E-state index in [-0.39, 0.29) is 12.2 Å². The highest BCUT2D eigenvalue weighted by molar-refractivity contribution is 6.09. The first-order valence-corrected chi connectivity index (χ1v) is 9.42. The summed E-state index contributed by atoms with van der Waals surface area (Å²) in [5, 5.41) is 6.30. The first-order chi connectivity index (χ1) is 14.2. The smallest absolute Gasteiger partial charge is 0.260 e. The molecule has 0 unspecified atom stereocenters. The van der Waals surface area contributed by atoms with Crippen molar-refractivity contribution in [2.24, 2.45) is 10.1 Å². The molecule has 1 aromatic carbocycles. The molecule has 0 saturated carbocycles. The maximum absolute atomic E-state index is 12.3. The number of benzene rings is 1. The largest absolute Gasteiger partial charge is 0.389 e. The molecule has 0 N–H and O–H groups in total. The molecular formula is C22H22F3N5. The van der Waals surface area contributed by atoms with Crippen molar-refractivity contribution in [2.75, 3.05) is 6.54 Å². The van der Waals surface area contributed by atoms with Crippen LogP contribution in [-0.4, -0.2) is 39.1 Å². The predicted octanol–water partition coefficient (Wildman–Crippen LogP) is 5.16. The van der Waals surface area contributed by atoms with Gasteiger partial charge in [-0.3, -0.25) is 10.0 Å². The van der Waals surface area contributed by atoms with E-state index in [2.05, 4.69) is 26.6 Å². The van der Waals surface area contributed by atoms with Gasteiger partial charge in [0.1, 0.15) is 5.82 Å². The second-order valence-corrected chi connectivity index (χ2v) is 7.00. The molecule has 1 aliphatic rings. The molecule has 1 aliphatic heterocycles. The Balaban J connectivity index is 1.72. The van der Waals surface area contributed by atoms with Crippen LogP contribution in [0.1, 0.15) is 30.3 Å². The molecule has 0 amide bonds. The molecule has 0 fully saturated rings. The number of halogens is 3. The van der Waals surface area contributed by atoms with Gasteiger partial charge in [0.05, 0.1) is 30.1 Å². The van der Waals surface area contributed by atoms with E-state index in [4.69, 9.17) is 0 Å². The summed E-state index contributed by atoms with van der Waals surface area (Å²) in [6.45, 7) is 8.38. The third-order valence-corrected chi connectivity index (χ3v) is 4.43. The van der Waals surface area contributed by atoms with Crippen molar-refractivity contribution < 1.29 is 13.2 Å². The van der Waals surface area contributed by atoms with Crippen LogP contribution in [0.15, 0.2) is 71.2 Å². The third kappa shape index (κ3) is 5.85. The van der Waals surface area contributed by atoms with Crippen LogP contribution in [0.3, 0.4) is 0 Å². The summed E-state index contributed by atoms with van der Waals surface area (Å²) in [5.74, 6) is 0.152. The van der Waals surface area contributed by atoms with Crippen LogP contribution in [0, 0.1) is 6.92 Å². The molecule has 0 saturated heterocycles. The minimum Gasteiger partial charge on any atom is -0.260 e. The average molecular weight is 413 g/mol. The molecule has 2 heterocycles. The summed E-state index contributed by atoms with van der Waals surface area (Å²) in [4.78, 5) is 12.7. The summed E-state index contributed by atoms with van der Waals surface area (Å²) in [6.07, 6.45) is 1.16. The maximum Gasteiger partial charge on any atom is 0.389 e. The van der Waals surface area contributed by atoms with Gasteiger partial charge < -0.3 is 0 Å². The Kier molecular flexibility index (Phi) is 6.44. The SMILES string of the molecule is C=C1C=CC(c2cnc(CCC(F)(F)F)nc2)=NN1CC(C)=Nc1ccccc1C. The summed E-state index contributed by atoms with van der Waals surface area (Å²) < 4.78 is 37.0. The lowest BCUT2D eigenvalue weighted by Crippen LogP contribution is -2.26. The Labute approximate surface area is 173 Å². The number of aliphatic imine (C=N–C) groups is 1. The zero-order valence-corrected chi connectivity index (χ0v) is 16.8. The number of hydrazone groups is 1. The van der Waals surface area contributed by atoms with Gasteiger partial charge in [0.25, 0.3) is 0 Å². The predicted molar refractivity (Wildman–Crippen MR) is 112 cm³/mol. The number of alkyl halides is 3. The van der Waals surface area contributed by atoms with Crippen LogP contribution in [-0.2, 0) is 6.42 Å². The molecule has 0 atom stereocenters. The normalized spacial score (nSPS) is 14.8. The van der Waals surface area contributed by atoms with Gasteiger partial charge in [-0.2, -0.15) is 18.3 Å². The average Bonchev–Trinajstić information content (AvgIpc) is 2.70. The Morgan fingerprint density at radius 2 is 1.83 bits per heavy atom. The molecule has 2 aromatic rings. The fourth-order valence-corrected chi connectivity index (χ4v) is 2.80. The lowest BCUT2D eigenvalue weighted by molar-refractivity contribution is -0.134. The van der Waals surface area contributed by atoms with E-state index in [9.17, 15) is 13.2 Å². The molecule has 30 heavy (non-hydrogen) atoms. The fourth-order valence-electron chi connectivity index (χ4n) is 2.80. The molecule has 1 aromatic heterocycles. The van der Waals surface area contributed by atoms with Gasteiger partial charge in [0, 0.05) is 30.1 Å². The van der Waals surface area contributed by atoms with Gasteiger partial charge in [-0.1, -0.05) is 24.8 Å². The maximum atomic E-state index is 12.3. The summed E-state index contributed by atoms with van der Waals surface area (Å²) in [6, 6.07) is 7.86. The summed E-state index contributed by atoms with van der Waals surface area (Å²) >= 11 is 0.